The van der Waals surface area contributed by atoms with Crippen molar-refractivity contribution in [2.75, 3.05) is 12.4 Å². The molecule has 0 aliphatic heterocycles. The van der Waals surface area contributed by atoms with Gasteiger partial charge in [-0.15, -0.1) is 0 Å². The molecule has 2 rings (SSSR count). The molecule has 0 aliphatic carbocycles. The molecule has 150 valence electrons. The molecule has 0 spiro atoms. The second-order valence-corrected chi connectivity index (χ2v) is 6.06. The SMILES string of the molecule is COc1cc(NC(=O)Cn2cc(C(F)(F)F)cc(Cl)c2=O)c(C)cc1[N+](=O)[O-]. The maximum absolute atomic E-state index is 12.9. The van der Waals surface area contributed by atoms with Gasteiger partial charge in [0.2, 0.25) is 5.91 Å². The molecule has 8 nitrogen and oxygen atoms in total. The predicted octanol–water partition coefficient (Wildman–Crippen LogP) is 3.38. The lowest BCUT2D eigenvalue weighted by molar-refractivity contribution is -0.385. The van der Waals surface area contributed by atoms with Gasteiger partial charge in [0.25, 0.3) is 5.56 Å². The highest BCUT2D eigenvalue weighted by Crippen LogP contribution is 2.33. The van der Waals surface area contributed by atoms with E-state index >= 15 is 0 Å². The van der Waals surface area contributed by atoms with Crippen LogP contribution in [0.4, 0.5) is 24.5 Å². The third-order valence-corrected chi connectivity index (χ3v) is 3.95. The summed E-state index contributed by atoms with van der Waals surface area (Å²) in [4.78, 5) is 34.4. The highest BCUT2D eigenvalue weighted by Gasteiger charge is 2.32. The summed E-state index contributed by atoms with van der Waals surface area (Å²) in [7, 11) is 1.20. The number of anilines is 1. The lowest BCUT2D eigenvalue weighted by Crippen LogP contribution is -2.29. The first-order chi connectivity index (χ1) is 12.9. The topological polar surface area (TPSA) is 103 Å². The van der Waals surface area contributed by atoms with Crippen LogP contribution in [0.5, 0.6) is 5.75 Å². The number of halogens is 4. The summed E-state index contributed by atoms with van der Waals surface area (Å²) >= 11 is 5.54. The van der Waals surface area contributed by atoms with Crippen LogP contribution < -0.4 is 15.6 Å². The smallest absolute Gasteiger partial charge is 0.417 e. The fourth-order valence-electron chi connectivity index (χ4n) is 2.33. The Morgan fingerprint density at radius 1 is 1.36 bits per heavy atom. The molecular weight excluding hydrogens is 407 g/mol. The third kappa shape index (κ3) is 4.60. The first-order valence-corrected chi connectivity index (χ1v) is 7.92. The number of hydrogen-bond donors (Lipinski definition) is 1. The molecule has 28 heavy (non-hydrogen) atoms. The average Bonchev–Trinajstić information content (AvgIpc) is 2.59. The van der Waals surface area contributed by atoms with E-state index in [9.17, 15) is 32.9 Å². The number of rotatable bonds is 5. The van der Waals surface area contributed by atoms with Crippen molar-refractivity contribution in [3.8, 4) is 5.75 Å². The first-order valence-electron chi connectivity index (χ1n) is 7.54. The average molecular weight is 420 g/mol. The van der Waals surface area contributed by atoms with Crippen molar-refractivity contribution in [2.45, 2.75) is 19.6 Å². The van der Waals surface area contributed by atoms with E-state index < -0.39 is 39.7 Å². The number of carbonyl (C=O) groups excluding carboxylic acids is 1. The number of hydrogen-bond acceptors (Lipinski definition) is 5. The first kappa shape index (κ1) is 21.2. The second-order valence-electron chi connectivity index (χ2n) is 5.65. The number of benzene rings is 1. The van der Waals surface area contributed by atoms with Crippen molar-refractivity contribution < 1.29 is 27.6 Å². The van der Waals surface area contributed by atoms with Crippen molar-refractivity contribution >= 4 is 28.9 Å². The van der Waals surface area contributed by atoms with Crippen molar-refractivity contribution in [1.29, 1.82) is 0 Å². The molecule has 1 aromatic heterocycles. The van der Waals surface area contributed by atoms with Gasteiger partial charge < -0.3 is 14.6 Å². The molecule has 0 atom stereocenters. The molecule has 2 aromatic rings. The molecule has 1 N–H and O–H groups in total. The van der Waals surface area contributed by atoms with Gasteiger partial charge in [0.1, 0.15) is 11.6 Å². The fourth-order valence-corrected chi connectivity index (χ4v) is 2.56. The van der Waals surface area contributed by atoms with E-state index in [-0.39, 0.29) is 17.1 Å². The summed E-state index contributed by atoms with van der Waals surface area (Å²) in [5.41, 5.74) is -2.02. The standard InChI is InChI=1S/C16H13ClF3N3O5/c1-8-3-12(23(26)27)13(28-2)5-11(8)21-14(24)7-22-6-9(16(18,19)20)4-10(17)15(22)25/h3-6H,7H2,1-2H3,(H,21,24). The summed E-state index contributed by atoms with van der Waals surface area (Å²) in [5, 5.41) is 12.7. The van der Waals surface area contributed by atoms with Crippen molar-refractivity contribution in [3.05, 3.63) is 61.0 Å². The van der Waals surface area contributed by atoms with Crippen LogP contribution in [0.3, 0.4) is 0 Å². The van der Waals surface area contributed by atoms with Crippen LogP contribution in [-0.2, 0) is 17.5 Å². The molecule has 1 amide bonds. The Morgan fingerprint density at radius 3 is 2.54 bits per heavy atom. The maximum Gasteiger partial charge on any atom is 0.417 e. The number of aryl methyl sites for hydroxylation is 1. The third-order valence-electron chi connectivity index (χ3n) is 3.68. The van der Waals surface area contributed by atoms with Crippen LogP contribution in [0.1, 0.15) is 11.1 Å². The van der Waals surface area contributed by atoms with Gasteiger partial charge in [-0.3, -0.25) is 19.7 Å². The van der Waals surface area contributed by atoms with Gasteiger partial charge in [-0.05, 0) is 18.6 Å². The number of methoxy groups -OCH3 is 1. The van der Waals surface area contributed by atoms with Crippen molar-refractivity contribution in [1.82, 2.24) is 4.57 Å². The Balaban J connectivity index is 2.32. The zero-order valence-corrected chi connectivity index (χ0v) is 15.2. The number of ether oxygens (including phenoxy) is 1. The van der Waals surface area contributed by atoms with Crippen LogP contribution >= 0.6 is 11.6 Å². The molecule has 0 saturated heterocycles. The zero-order chi connectivity index (χ0) is 21.2. The van der Waals surface area contributed by atoms with Gasteiger partial charge in [-0.1, -0.05) is 11.6 Å². The normalized spacial score (nSPS) is 11.2. The minimum atomic E-state index is -4.75. The lowest BCUT2D eigenvalue weighted by atomic mass is 10.1. The van der Waals surface area contributed by atoms with Crippen LogP contribution in [-0.4, -0.2) is 22.5 Å². The maximum atomic E-state index is 12.9. The van der Waals surface area contributed by atoms with Gasteiger partial charge in [-0.25, -0.2) is 0 Å². The van der Waals surface area contributed by atoms with Crippen LogP contribution in [0, 0.1) is 17.0 Å². The zero-order valence-electron chi connectivity index (χ0n) is 14.5. The van der Waals surface area contributed by atoms with Crippen LogP contribution in [0.25, 0.3) is 0 Å². The minimum Gasteiger partial charge on any atom is -0.490 e. The number of carbonyl (C=O) groups is 1. The molecule has 0 fully saturated rings. The summed E-state index contributed by atoms with van der Waals surface area (Å²) in [6.45, 7) is 0.733. The number of nitro groups is 1. The van der Waals surface area contributed by atoms with E-state index in [1.807, 2.05) is 0 Å². The van der Waals surface area contributed by atoms with Crippen molar-refractivity contribution in [3.63, 3.8) is 0 Å². The summed E-state index contributed by atoms with van der Waals surface area (Å²) < 4.78 is 44.0. The van der Waals surface area contributed by atoms with E-state index in [2.05, 4.69) is 5.32 Å². The number of nitro benzene ring substituents is 1. The molecule has 1 heterocycles. The van der Waals surface area contributed by atoms with Gasteiger partial charge in [0.05, 0.1) is 17.6 Å². The molecule has 0 saturated carbocycles. The highest BCUT2D eigenvalue weighted by atomic mass is 35.5. The minimum absolute atomic E-state index is 0.120. The monoisotopic (exact) mass is 419 g/mol. The van der Waals surface area contributed by atoms with Gasteiger partial charge >= 0.3 is 11.9 Å². The molecule has 0 radical (unpaired) electrons. The molecule has 0 aliphatic rings. The van der Waals surface area contributed by atoms with E-state index in [0.717, 1.165) is 0 Å². The van der Waals surface area contributed by atoms with E-state index in [1.54, 1.807) is 0 Å². The molecule has 0 unspecified atom stereocenters. The number of aromatic nitrogens is 1. The predicted molar refractivity (Wildman–Crippen MR) is 93.7 cm³/mol. The summed E-state index contributed by atoms with van der Waals surface area (Å²) in [6.07, 6.45) is -4.27. The van der Waals surface area contributed by atoms with E-state index in [4.69, 9.17) is 16.3 Å². The second kappa shape index (κ2) is 7.89. The van der Waals surface area contributed by atoms with Gasteiger partial charge in [0.15, 0.2) is 5.75 Å². The number of pyridine rings is 1. The summed E-state index contributed by atoms with van der Waals surface area (Å²) in [5.74, 6) is -0.957. The molecule has 0 bridgehead atoms. The molecule has 1 aromatic carbocycles. The molecule has 12 heteroatoms. The number of nitrogens with zero attached hydrogens (tertiary/aromatic N) is 2. The highest BCUT2D eigenvalue weighted by molar-refractivity contribution is 6.30. The van der Waals surface area contributed by atoms with E-state index in [1.165, 1.54) is 26.2 Å². The Labute approximate surface area is 160 Å². The Hall–Kier alpha value is -3.08. The Morgan fingerprint density at radius 2 is 2.00 bits per heavy atom. The lowest BCUT2D eigenvalue weighted by Gasteiger charge is -2.13. The van der Waals surface area contributed by atoms with Crippen LogP contribution in [0.2, 0.25) is 5.02 Å². The molecular formula is C16H13ClF3N3O5. The largest absolute Gasteiger partial charge is 0.490 e. The Kier molecular flexibility index (Phi) is 5.98. The summed E-state index contributed by atoms with van der Waals surface area (Å²) in [6, 6.07) is 2.85. The van der Waals surface area contributed by atoms with Crippen molar-refractivity contribution in [2.24, 2.45) is 0 Å². The number of alkyl halides is 3. The van der Waals surface area contributed by atoms with Crippen LogP contribution in [0.15, 0.2) is 29.2 Å². The fraction of sp³-hybridized carbons (Fsp3) is 0.250. The van der Waals surface area contributed by atoms with Gasteiger partial charge in [0, 0.05) is 24.0 Å². The van der Waals surface area contributed by atoms with E-state index in [0.29, 0.717) is 22.4 Å². The Bertz CT molecular complexity index is 1000. The number of amides is 1. The quantitative estimate of drug-likeness (QED) is 0.591. The number of nitrogens with one attached hydrogen (secondary N) is 1. The van der Waals surface area contributed by atoms with Gasteiger partial charge in [-0.2, -0.15) is 13.2 Å².